The number of aromatic nitrogens is 1. The summed E-state index contributed by atoms with van der Waals surface area (Å²) < 4.78 is 11.7. The Morgan fingerprint density at radius 2 is 1.81 bits per heavy atom. The van der Waals surface area contributed by atoms with Crippen LogP contribution in [0.15, 0.2) is 12.1 Å². The maximum Gasteiger partial charge on any atom is 0.226 e. The van der Waals surface area contributed by atoms with Crippen LogP contribution in [0.25, 0.3) is 10.2 Å². The van der Waals surface area contributed by atoms with Gasteiger partial charge in [-0.1, -0.05) is 11.3 Å². The van der Waals surface area contributed by atoms with Gasteiger partial charge in [-0.05, 0) is 67.8 Å². The van der Waals surface area contributed by atoms with E-state index in [9.17, 15) is 4.79 Å². The van der Waals surface area contributed by atoms with Crippen molar-refractivity contribution in [1.82, 2.24) is 4.98 Å². The van der Waals surface area contributed by atoms with Crippen molar-refractivity contribution in [3.8, 4) is 11.5 Å². The minimum Gasteiger partial charge on any atom is -0.497 e. The van der Waals surface area contributed by atoms with Crippen LogP contribution in [0.2, 0.25) is 0 Å². The number of amides is 1. The molecule has 144 valence electrons. The van der Waals surface area contributed by atoms with Crippen molar-refractivity contribution < 1.29 is 14.3 Å². The van der Waals surface area contributed by atoms with Crippen molar-refractivity contribution in [3.63, 3.8) is 0 Å². The van der Waals surface area contributed by atoms with Crippen molar-refractivity contribution in [2.24, 2.45) is 23.2 Å². The Bertz CT molecular complexity index is 856. The molecule has 1 N–H and O–H groups in total. The summed E-state index contributed by atoms with van der Waals surface area (Å²) in [4.78, 5) is 17.5. The number of hydrogen-bond acceptors (Lipinski definition) is 5. The number of carbonyl (C=O) groups excluding carboxylic acids is 1. The zero-order chi connectivity index (χ0) is 18.6. The van der Waals surface area contributed by atoms with Gasteiger partial charge >= 0.3 is 0 Å². The van der Waals surface area contributed by atoms with Crippen LogP contribution in [0.4, 0.5) is 5.13 Å². The van der Waals surface area contributed by atoms with Gasteiger partial charge < -0.3 is 14.8 Å². The van der Waals surface area contributed by atoms with Crippen LogP contribution in [0.1, 0.15) is 44.9 Å². The minimum absolute atomic E-state index is 0.113. The number of nitrogens with zero attached hydrogens (tertiary/aromatic N) is 1. The molecule has 6 heteroatoms. The van der Waals surface area contributed by atoms with Crippen molar-refractivity contribution in [2.45, 2.75) is 44.9 Å². The molecule has 0 radical (unpaired) electrons. The largest absolute Gasteiger partial charge is 0.497 e. The van der Waals surface area contributed by atoms with Gasteiger partial charge in [0.2, 0.25) is 5.91 Å². The lowest BCUT2D eigenvalue weighted by atomic mass is 9.49. The van der Waals surface area contributed by atoms with Crippen LogP contribution in [-0.4, -0.2) is 25.1 Å². The first-order valence-electron chi connectivity index (χ1n) is 9.88. The minimum atomic E-state index is 0.113. The smallest absolute Gasteiger partial charge is 0.226 e. The van der Waals surface area contributed by atoms with Crippen LogP contribution in [0.3, 0.4) is 0 Å². The Hall–Kier alpha value is -1.82. The van der Waals surface area contributed by atoms with E-state index in [-0.39, 0.29) is 11.3 Å². The Balaban J connectivity index is 1.34. The molecule has 4 aliphatic rings. The van der Waals surface area contributed by atoms with E-state index >= 15 is 0 Å². The summed E-state index contributed by atoms with van der Waals surface area (Å²) in [6.45, 7) is 0. The van der Waals surface area contributed by atoms with Crippen molar-refractivity contribution >= 4 is 32.6 Å². The predicted molar refractivity (Wildman–Crippen MR) is 107 cm³/mol. The molecule has 4 bridgehead atoms. The third-order valence-electron chi connectivity index (χ3n) is 6.84. The number of thiazole rings is 1. The standard InChI is InChI=1S/C21H26N2O3S/c1-25-15-6-16(26-2)19-17(7-15)27-20(23-19)22-18(24)11-21-8-12-3-13(9-21)5-14(4-12)10-21/h6-7,12-14H,3-5,8-11H2,1-2H3,(H,22,23,24). The predicted octanol–water partition coefficient (Wildman–Crippen LogP) is 4.86. The molecule has 1 amide bonds. The molecule has 0 spiro atoms. The van der Waals surface area contributed by atoms with Crippen molar-refractivity contribution in [1.29, 1.82) is 0 Å². The third kappa shape index (κ3) is 3.08. The summed E-state index contributed by atoms with van der Waals surface area (Å²) in [6, 6.07) is 3.76. The molecule has 4 fully saturated rings. The van der Waals surface area contributed by atoms with Crippen molar-refractivity contribution in [2.75, 3.05) is 19.5 Å². The molecule has 6 rings (SSSR count). The van der Waals surface area contributed by atoms with Crippen LogP contribution in [-0.2, 0) is 4.79 Å². The number of hydrogen-bond donors (Lipinski definition) is 1. The highest BCUT2D eigenvalue weighted by Crippen LogP contribution is 2.61. The maximum atomic E-state index is 12.9. The van der Waals surface area contributed by atoms with E-state index in [1.165, 1.54) is 49.9 Å². The van der Waals surface area contributed by atoms with Gasteiger partial charge in [0.15, 0.2) is 5.13 Å². The van der Waals surface area contributed by atoms with E-state index in [1.54, 1.807) is 14.2 Å². The van der Waals surface area contributed by atoms with Crippen LogP contribution in [0.5, 0.6) is 11.5 Å². The molecule has 0 saturated heterocycles. The average Bonchev–Trinajstić information content (AvgIpc) is 3.00. The van der Waals surface area contributed by atoms with E-state index in [1.807, 2.05) is 12.1 Å². The number of fused-ring (bicyclic) bond motifs is 1. The second-order valence-corrected chi connectivity index (χ2v) is 9.87. The number of carbonyl (C=O) groups is 1. The van der Waals surface area contributed by atoms with Crippen molar-refractivity contribution in [3.05, 3.63) is 12.1 Å². The van der Waals surface area contributed by atoms with Crippen LogP contribution >= 0.6 is 11.3 Å². The Labute approximate surface area is 163 Å². The van der Waals surface area contributed by atoms with E-state index < -0.39 is 0 Å². The topological polar surface area (TPSA) is 60.5 Å². The third-order valence-corrected chi connectivity index (χ3v) is 7.75. The molecular formula is C21H26N2O3S. The Morgan fingerprint density at radius 3 is 2.41 bits per heavy atom. The monoisotopic (exact) mass is 386 g/mol. The van der Waals surface area contributed by atoms with Gasteiger partial charge in [0.25, 0.3) is 0 Å². The summed E-state index contributed by atoms with van der Waals surface area (Å²) in [5, 5.41) is 3.71. The fourth-order valence-electron chi connectivity index (χ4n) is 6.31. The molecule has 0 atom stereocenters. The van der Waals surface area contributed by atoms with Gasteiger partial charge in [0.1, 0.15) is 17.0 Å². The summed E-state index contributed by atoms with van der Waals surface area (Å²) >= 11 is 1.47. The van der Waals surface area contributed by atoms with E-state index in [0.717, 1.165) is 33.7 Å². The van der Waals surface area contributed by atoms with Gasteiger partial charge in [-0.15, -0.1) is 0 Å². The maximum absolute atomic E-state index is 12.9. The van der Waals surface area contributed by atoms with E-state index in [2.05, 4.69) is 10.3 Å². The molecule has 1 aromatic heterocycles. The van der Waals surface area contributed by atoms with Gasteiger partial charge in [-0.3, -0.25) is 4.79 Å². The highest BCUT2D eigenvalue weighted by molar-refractivity contribution is 7.22. The van der Waals surface area contributed by atoms with Gasteiger partial charge in [-0.25, -0.2) is 4.98 Å². The molecular weight excluding hydrogens is 360 g/mol. The highest BCUT2D eigenvalue weighted by atomic mass is 32.1. The number of benzene rings is 1. The fraction of sp³-hybridized carbons (Fsp3) is 0.619. The zero-order valence-corrected chi connectivity index (χ0v) is 16.7. The zero-order valence-electron chi connectivity index (χ0n) is 15.9. The lowest BCUT2D eigenvalue weighted by molar-refractivity contribution is -0.124. The quantitative estimate of drug-likeness (QED) is 0.797. The van der Waals surface area contributed by atoms with Gasteiger partial charge in [0, 0.05) is 12.5 Å². The molecule has 0 aliphatic heterocycles. The van der Waals surface area contributed by atoms with E-state index in [4.69, 9.17) is 9.47 Å². The number of anilines is 1. The Kier molecular flexibility index (Phi) is 4.08. The van der Waals surface area contributed by atoms with Crippen LogP contribution < -0.4 is 14.8 Å². The summed E-state index contributed by atoms with van der Waals surface area (Å²) in [6.07, 6.45) is 8.60. The molecule has 0 unspecified atom stereocenters. The molecule has 4 aliphatic carbocycles. The summed E-state index contributed by atoms with van der Waals surface area (Å²) in [7, 11) is 3.26. The molecule has 2 aromatic rings. The molecule has 4 saturated carbocycles. The highest BCUT2D eigenvalue weighted by Gasteiger charge is 2.51. The lowest BCUT2D eigenvalue weighted by Gasteiger charge is -2.56. The first-order chi connectivity index (χ1) is 13.1. The normalized spacial score (nSPS) is 31.3. The van der Waals surface area contributed by atoms with Gasteiger partial charge in [-0.2, -0.15) is 0 Å². The average molecular weight is 387 g/mol. The first-order valence-corrected chi connectivity index (χ1v) is 10.7. The second kappa shape index (κ2) is 6.36. The fourth-order valence-corrected chi connectivity index (χ4v) is 7.24. The summed E-state index contributed by atoms with van der Waals surface area (Å²) in [5.74, 6) is 4.10. The molecule has 27 heavy (non-hydrogen) atoms. The number of nitrogens with one attached hydrogen (secondary N) is 1. The first kappa shape index (κ1) is 17.3. The second-order valence-electron chi connectivity index (χ2n) is 8.84. The number of methoxy groups -OCH3 is 2. The van der Waals surface area contributed by atoms with Crippen LogP contribution in [0, 0.1) is 23.2 Å². The summed E-state index contributed by atoms with van der Waals surface area (Å²) in [5.41, 5.74) is 1.02. The lowest BCUT2D eigenvalue weighted by Crippen LogP contribution is -2.47. The SMILES string of the molecule is COc1cc(OC)c2nc(NC(=O)CC34CC5CC(CC(C5)C3)C4)sc2c1. The Morgan fingerprint density at radius 1 is 1.15 bits per heavy atom. The molecule has 5 nitrogen and oxygen atoms in total. The number of rotatable bonds is 5. The number of ether oxygens (including phenoxy) is 2. The van der Waals surface area contributed by atoms with E-state index in [0.29, 0.717) is 17.3 Å². The van der Waals surface area contributed by atoms with Gasteiger partial charge in [0.05, 0.1) is 18.9 Å². The molecule has 1 heterocycles. The molecule has 1 aromatic carbocycles.